The molecule has 1 spiro atoms. The van der Waals surface area contributed by atoms with E-state index in [2.05, 4.69) is 118 Å². The van der Waals surface area contributed by atoms with E-state index < -0.39 is 9.84 Å². The van der Waals surface area contributed by atoms with Gasteiger partial charge in [-0.3, -0.25) is 0 Å². The van der Waals surface area contributed by atoms with E-state index in [1.807, 2.05) is 0 Å². The van der Waals surface area contributed by atoms with E-state index in [0.717, 1.165) is 42.2 Å². The monoisotopic (exact) mass is 784 g/mol. The average molecular weight is 785 g/mol. The quantitative estimate of drug-likeness (QED) is 0.175. The number of para-hydroxylation sites is 4. The molecule has 4 nitrogen and oxygen atoms in total. The van der Waals surface area contributed by atoms with Gasteiger partial charge in [0.25, 0.3) is 0 Å². The Hall–Kier alpha value is -5.13. The van der Waals surface area contributed by atoms with Crippen LogP contribution in [0.2, 0.25) is 0 Å². The van der Waals surface area contributed by atoms with Crippen LogP contribution in [0.25, 0.3) is 66.1 Å². The number of aromatic nitrogens is 2. The maximum atomic E-state index is 16.2. The second-order valence-electron chi connectivity index (χ2n) is 20.4. The van der Waals surface area contributed by atoms with Gasteiger partial charge in [-0.15, -0.1) is 0 Å². The maximum absolute atomic E-state index is 16.2. The summed E-state index contributed by atoms with van der Waals surface area (Å²) >= 11 is 0. The van der Waals surface area contributed by atoms with Crippen molar-refractivity contribution in [2.24, 2.45) is 29.1 Å². The normalized spacial score (nSPS) is 31.8. The highest BCUT2D eigenvalue weighted by Crippen LogP contribution is 2.83. The lowest BCUT2D eigenvalue weighted by atomic mass is 9.36. The fraction of sp³-hybridized carbons (Fsp3) is 0.333. The Morgan fingerprint density at radius 1 is 0.458 bits per heavy atom. The van der Waals surface area contributed by atoms with Crippen molar-refractivity contribution in [3.63, 3.8) is 0 Å². The Kier molecular flexibility index (Phi) is 5.51. The van der Waals surface area contributed by atoms with Crippen molar-refractivity contribution in [2.45, 2.75) is 91.2 Å². The van der Waals surface area contributed by atoms with Gasteiger partial charge in [-0.2, -0.15) is 0 Å². The minimum absolute atomic E-state index is 0.276. The van der Waals surface area contributed by atoms with Gasteiger partial charge in [0.05, 0.1) is 43.2 Å². The van der Waals surface area contributed by atoms with Crippen LogP contribution in [0, 0.1) is 29.1 Å². The van der Waals surface area contributed by atoms with Gasteiger partial charge in [0.15, 0.2) is 0 Å². The molecule has 1 aliphatic heterocycles. The van der Waals surface area contributed by atoms with Crippen LogP contribution in [0.1, 0.15) is 104 Å². The van der Waals surface area contributed by atoms with Crippen LogP contribution >= 0.6 is 0 Å². The number of rotatable bonds is 2. The van der Waals surface area contributed by atoms with Crippen molar-refractivity contribution in [3.05, 3.63) is 131 Å². The minimum atomic E-state index is -3.81. The molecule has 8 aliphatic carbocycles. The van der Waals surface area contributed by atoms with Crippen LogP contribution in [-0.2, 0) is 9.84 Å². The zero-order valence-corrected chi connectivity index (χ0v) is 33.8. The Labute approximate surface area is 343 Å². The van der Waals surface area contributed by atoms with Crippen molar-refractivity contribution in [1.82, 2.24) is 9.13 Å². The predicted octanol–water partition coefficient (Wildman–Crippen LogP) is 13.1. The fourth-order valence-corrected chi connectivity index (χ4v) is 18.8. The Morgan fingerprint density at radius 2 is 0.898 bits per heavy atom. The lowest BCUT2D eigenvalue weighted by molar-refractivity contribution is -0.146. The lowest BCUT2D eigenvalue weighted by Gasteiger charge is -2.68. The van der Waals surface area contributed by atoms with Crippen LogP contribution < -0.4 is 0 Å². The first-order chi connectivity index (χ1) is 29.0. The molecule has 288 valence electrons. The largest absolute Gasteiger partial charge is 0.309 e. The standard InChI is InChI=1S/C54H44N2O2S/c57-59(58)52-39(25-46(48-30-18-28-17-29(19-30)21-31(20-28)49(48)52)55-42-13-5-1-9-35(42)36-10-2-6-14-43(36)55)40-26-47(56-44-15-7-3-11-37(44)38-12-4-8-16-45(38)56)51-41-24-34-23-33-22-32(27-54(33,34)41)50(51)53(40)59/h1-16,25-26,28-34,41H,17-24,27H2. The van der Waals surface area contributed by atoms with Gasteiger partial charge in [-0.1, -0.05) is 72.8 Å². The van der Waals surface area contributed by atoms with Gasteiger partial charge in [-0.05, 0) is 169 Å². The molecule has 8 aromatic rings. The summed E-state index contributed by atoms with van der Waals surface area (Å²) in [5.41, 5.74) is 14.8. The summed E-state index contributed by atoms with van der Waals surface area (Å²) in [5.74, 6) is 4.24. The molecule has 3 heterocycles. The van der Waals surface area contributed by atoms with Crippen LogP contribution in [-0.4, -0.2) is 17.6 Å². The van der Waals surface area contributed by atoms with Crippen molar-refractivity contribution < 1.29 is 8.42 Å². The number of nitrogens with zero attached hydrogens (tertiary/aromatic N) is 2. The maximum Gasteiger partial charge on any atom is 0.208 e. The third-order valence-electron chi connectivity index (χ3n) is 18.3. The van der Waals surface area contributed by atoms with E-state index in [-0.39, 0.29) is 5.92 Å². The van der Waals surface area contributed by atoms with Crippen LogP contribution in [0.4, 0.5) is 0 Å². The molecule has 9 aliphatic rings. The molecule has 0 N–H and O–H groups in total. The highest BCUT2D eigenvalue weighted by atomic mass is 32.2. The molecule has 17 rings (SSSR count). The zero-order valence-electron chi connectivity index (χ0n) is 33.0. The SMILES string of the molecule is O=S1(=O)c2c(cc(-n3c4ccccc4c4ccccc43)c3c2C2CC4CC(CC3C4)C2)-c2cc(-n3c4ccccc4c4ccccc43)c3c(c21)C1CC2CC4CC3C24C1. The molecule has 6 bridgehead atoms. The van der Waals surface area contributed by atoms with Crippen LogP contribution in [0.5, 0.6) is 0 Å². The van der Waals surface area contributed by atoms with E-state index in [1.165, 1.54) is 116 Å². The first-order valence-corrected chi connectivity index (χ1v) is 24.1. The molecule has 0 radical (unpaired) electrons. The van der Waals surface area contributed by atoms with Crippen molar-refractivity contribution in [3.8, 4) is 22.5 Å². The first kappa shape index (κ1) is 31.7. The van der Waals surface area contributed by atoms with Gasteiger partial charge in [0.2, 0.25) is 9.84 Å². The molecule has 6 aromatic carbocycles. The number of hydrogen-bond donors (Lipinski definition) is 0. The molecule has 59 heavy (non-hydrogen) atoms. The highest BCUT2D eigenvalue weighted by Gasteiger charge is 2.73. The smallest absolute Gasteiger partial charge is 0.208 e. The highest BCUT2D eigenvalue weighted by molar-refractivity contribution is 7.92. The van der Waals surface area contributed by atoms with Gasteiger partial charge >= 0.3 is 0 Å². The summed E-state index contributed by atoms with van der Waals surface area (Å²) in [4.78, 5) is 1.39. The van der Waals surface area contributed by atoms with Crippen molar-refractivity contribution in [1.29, 1.82) is 0 Å². The van der Waals surface area contributed by atoms with Crippen LogP contribution in [0.15, 0.2) is 119 Å². The molecule has 5 saturated carbocycles. The molecule has 7 atom stereocenters. The second kappa shape index (κ2) is 10.2. The van der Waals surface area contributed by atoms with E-state index in [1.54, 1.807) is 0 Å². The first-order valence-electron chi connectivity index (χ1n) is 22.6. The van der Waals surface area contributed by atoms with Gasteiger partial charge in [-0.25, -0.2) is 8.42 Å². The Morgan fingerprint density at radius 3 is 1.41 bits per heavy atom. The Bertz CT molecular complexity index is 3300. The molecule has 0 amide bonds. The third kappa shape index (κ3) is 3.49. The molecule has 5 heteroatoms. The Balaban J connectivity index is 1.08. The van der Waals surface area contributed by atoms with E-state index >= 15 is 8.42 Å². The van der Waals surface area contributed by atoms with Gasteiger partial charge < -0.3 is 9.13 Å². The molecular weight excluding hydrogens is 741 g/mol. The molecule has 0 saturated heterocycles. The minimum Gasteiger partial charge on any atom is -0.309 e. The second-order valence-corrected chi connectivity index (χ2v) is 22.2. The van der Waals surface area contributed by atoms with Crippen molar-refractivity contribution >= 4 is 53.4 Å². The molecule has 5 fully saturated rings. The topological polar surface area (TPSA) is 44.0 Å². The summed E-state index contributed by atoms with van der Waals surface area (Å²) in [6.45, 7) is 0. The summed E-state index contributed by atoms with van der Waals surface area (Å²) in [6.07, 6.45) is 10.8. The summed E-state index contributed by atoms with van der Waals surface area (Å²) in [6, 6.07) is 40.4. The summed E-state index contributed by atoms with van der Waals surface area (Å²) < 4.78 is 37.5. The number of benzene rings is 6. The third-order valence-corrected chi connectivity index (χ3v) is 20.2. The number of hydrogen-bond acceptors (Lipinski definition) is 2. The summed E-state index contributed by atoms with van der Waals surface area (Å²) in [7, 11) is -3.81. The van der Waals surface area contributed by atoms with Crippen molar-refractivity contribution in [2.75, 3.05) is 0 Å². The van der Waals surface area contributed by atoms with Gasteiger partial charge in [0, 0.05) is 32.7 Å². The summed E-state index contributed by atoms with van der Waals surface area (Å²) in [5, 5.41) is 5.05. The number of fused-ring (bicyclic) bond motifs is 14. The molecule has 7 unspecified atom stereocenters. The lowest BCUT2D eigenvalue weighted by Crippen LogP contribution is -2.59. The number of sulfone groups is 1. The van der Waals surface area contributed by atoms with E-state index in [4.69, 9.17) is 0 Å². The predicted molar refractivity (Wildman–Crippen MR) is 235 cm³/mol. The molecular formula is C54H44N2O2S. The van der Waals surface area contributed by atoms with E-state index in [0.29, 0.717) is 44.8 Å². The average Bonchev–Trinajstić information content (AvgIpc) is 3.92. The van der Waals surface area contributed by atoms with Gasteiger partial charge in [0.1, 0.15) is 0 Å². The van der Waals surface area contributed by atoms with E-state index in [9.17, 15) is 0 Å². The molecule has 2 aromatic heterocycles. The fourth-order valence-electron chi connectivity index (χ4n) is 16.5. The van der Waals surface area contributed by atoms with Crippen LogP contribution in [0.3, 0.4) is 0 Å². The zero-order chi connectivity index (χ0) is 38.3.